The Balaban J connectivity index is 1.74. The van der Waals surface area contributed by atoms with E-state index in [2.05, 4.69) is 10.3 Å². The summed E-state index contributed by atoms with van der Waals surface area (Å²) < 4.78 is 5.66. The van der Waals surface area contributed by atoms with Gasteiger partial charge in [-0.25, -0.2) is 9.78 Å². The number of amides is 1. The van der Waals surface area contributed by atoms with Gasteiger partial charge in [-0.15, -0.1) is 11.3 Å². The molecule has 0 radical (unpaired) electrons. The number of esters is 1. The van der Waals surface area contributed by atoms with Crippen molar-refractivity contribution in [3.8, 4) is 0 Å². The van der Waals surface area contributed by atoms with E-state index in [1.807, 2.05) is 30.3 Å². The summed E-state index contributed by atoms with van der Waals surface area (Å²) in [6.45, 7) is -0.418. The Morgan fingerprint density at radius 1 is 1.23 bits per heavy atom. The highest BCUT2D eigenvalue weighted by molar-refractivity contribution is 7.29. The van der Waals surface area contributed by atoms with Crippen LogP contribution in [0.5, 0.6) is 0 Å². The molecule has 1 aromatic carbocycles. The monoisotopic (exact) mass is 333 g/mol. The molecule has 22 heavy (non-hydrogen) atoms. The lowest BCUT2D eigenvalue weighted by Gasteiger charge is -2.00. The Morgan fingerprint density at radius 3 is 2.68 bits per heavy atom. The summed E-state index contributed by atoms with van der Waals surface area (Å²) in [6, 6.07) is 11.4. The minimum Gasteiger partial charge on any atom is -0.451 e. The van der Waals surface area contributed by atoms with Crippen molar-refractivity contribution in [3.63, 3.8) is 0 Å². The number of para-hydroxylation sites is 1. The second-order valence-electron chi connectivity index (χ2n) is 4.33. The van der Waals surface area contributed by atoms with Crippen LogP contribution in [0.3, 0.4) is 0 Å². The van der Waals surface area contributed by atoms with Crippen LogP contribution in [0.2, 0.25) is 0 Å². The maximum absolute atomic E-state index is 11.7. The minimum atomic E-state index is -0.681. The standard InChI is InChI=1S/C14H11N3O3S2/c15-11(18)7-20-13(19)10-6-9-12(21-10)17-14(22-9)16-8-4-2-1-3-5-8/h1-6H,7H2,(H2,15,18)(H,16,17). The number of fused-ring (bicyclic) bond motifs is 1. The first kappa shape index (κ1) is 14.5. The van der Waals surface area contributed by atoms with Gasteiger partial charge in [-0.05, 0) is 18.2 Å². The van der Waals surface area contributed by atoms with Gasteiger partial charge in [-0.1, -0.05) is 29.5 Å². The maximum atomic E-state index is 11.7. The number of primary amides is 1. The smallest absolute Gasteiger partial charge is 0.348 e. The quantitative estimate of drug-likeness (QED) is 0.700. The fourth-order valence-electron chi connectivity index (χ4n) is 1.74. The first-order valence-corrected chi connectivity index (χ1v) is 7.93. The number of benzene rings is 1. The van der Waals surface area contributed by atoms with E-state index in [1.54, 1.807) is 6.07 Å². The second-order valence-corrected chi connectivity index (χ2v) is 6.39. The predicted molar refractivity (Wildman–Crippen MR) is 86.7 cm³/mol. The van der Waals surface area contributed by atoms with Crippen molar-refractivity contribution in [3.05, 3.63) is 41.3 Å². The molecule has 0 aliphatic rings. The van der Waals surface area contributed by atoms with Gasteiger partial charge in [-0.3, -0.25) is 4.79 Å². The number of anilines is 2. The number of ether oxygens (including phenoxy) is 1. The summed E-state index contributed by atoms with van der Waals surface area (Å²) in [7, 11) is 0. The third kappa shape index (κ3) is 3.23. The lowest BCUT2D eigenvalue weighted by Crippen LogP contribution is -2.20. The summed E-state index contributed by atoms with van der Waals surface area (Å²) in [5, 5.41) is 3.96. The third-order valence-electron chi connectivity index (χ3n) is 2.66. The van der Waals surface area contributed by atoms with Gasteiger partial charge in [0.15, 0.2) is 11.7 Å². The van der Waals surface area contributed by atoms with Gasteiger partial charge in [0.1, 0.15) is 9.71 Å². The maximum Gasteiger partial charge on any atom is 0.348 e. The molecule has 6 nitrogen and oxygen atoms in total. The largest absolute Gasteiger partial charge is 0.451 e. The van der Waals surface area contributed by atoms with Crippen LogP contribution in [0, 0.1) is 0 Å². The number of thiophene rings is 1. The van der Waals surface area contributed by atoms with Gasteiger partial charge in [0.25, 0.3) is 5.91 Å². The Hall–Kier alpha value is -2.45. The topological polar surface area (TPSA) is 94.3 Å². The lowest BCUT2D eigenvalue weighted by molar-refractivity contribution is -0.121. The molecule has 0 saturated heterocycles. The number of nitrogens with zero attached hydrogens (tertiary/aromatic N) is 1. The van der Waals surface area contributed by atoms with E-state index in [0.717, 1.165) is 20.3 Å². The molecule has 0 saturated carbocycles. The third-order valence-corrected chi connectivity index (χ3v) is 4.72. The second kappa shape index (κ2) is 6.12. The fourth-order valence-corrected chi connectivity index (χ4v) is 3.77. The van der Waals surface area contributed by atoms with Crippen LogP contribution in [-0.2, 0) is 9.53 Å². The number of nitrogens with two attached hydrogens (primary N) is 1. The van der Waals surface area contributed by atoms with Gasteiger partial charge in [0.2, 0.25) is 0 Å². The van der Waals surface area contributed by atoms with Gasteiger partial charge in [-0.2, -0.15) is 0 Å². The van der Waals surface area contributed by atoms with Crippen molar-refractivity contribution >= 4 is 54.9 Å². The van der Waals surface area contributed by atoms with Crippen LogP contribution in [0.4, 0.5) is 10.8 Å². The number of aromatic nitrogens is 1. The van der Waals surface area contributed by atoms with Gasteiger partial charge >= 0.3 is 5.97 Å². The fraction of sp³-hybridized carbons (Fsp3) is 0.0714. The average Bonchev–Trinajstić information content (AvgIpc) is 3.04. The highest BCUT2D eigenvalue weighted by Crippen LogP contribution is 2.34. The number of rotatable bonds is 5. The van der Waals surface area contributed by atoms with Crippen molar-refractivity contribution in [2.45, 2.75) is 0 Å². The molecule has 2 heterocycles. The summed E-state index contributed by atoms with van der Waals surface area (Å²) in [5.74, 6) is -1.24. The molecule has 3 N–H and O–H groups in total. The van der Waals surface area contributed by atoms with Crippen molar-refractivity contribution in [1.82, 2.24) is 4.98 Å². The lowest BCUT2D eigenvalue weighted by atomic mass is 10.3. The van der Waals surface area contributed by atoms with E-state index in [1.165, 1.54) is 22.7 Å². The molecule has 0 atom stereocenters. The number of nitrogens with one attached hydrogen (secondary N) is 1. The number of carbonyl (C=O) groups excluding carboxylic acids is 2. The molecule has 3 aromatic rings. The molecule has 1 amide bonds. The molecule has 0 aliphatic carbocycles. The molecule has 112 valence electrons. The molecule has 0 fully saturated rings. The molecular formula is C14H11N3O3S2. The molecule has 2 aromatic heterocycles. The average molecular weight is 333 g/mol. The van der Waals surface area contributed by atoms with Crippen molar-refractivity contribution < 1.29 is 14.3 Å². The zero-order chi connectivity index (χ0) is 15.5. The zero-order valence-electron chi connectivity index (χ0n) is 11.2. The van der Waals surface area contributed by atoms with Crippen molar-refractivity contribution in [2.75, 3.05) is 11.9 Å². The Kier molecular flexibility index (Phi) is 4.03. The van der Waals surface area contributed by atoms with E-state index in [9.17, 15) is 9.59 Å². The molecule has 0 spiro atoms. The first-order valence-electron chi connectivity index (χ1n) is 6.30. The SMILES string of the molecule is NC(=O)COC(=O)c1cc2sc(Nc3ccccc3)nc2s1. The Labute approximate surface area is 133 Å². The molecule has 0 aliphatic heterocycles. The normalized spacial score (nSPS) is 10.5. The Morgan fingerprint density at radius 2 is 2.00 bits per heavy atom. The number of thiazole rings is 1. The van der Waals surface area contributed by atoms with Crippen molar-refractivity contribution in [2.24, 2.45) is 5.73 Å². The summed E-state index contributed by atoms with van der Waals surface area (Å²) >= 11 is 2.66. The number of hydrogen-bond acceptors (Lipinski definition) is 7. The van der Waals surface area contributed by atoms with E-state index >= 15 is 0 Å². The summed E-state index contributed by atoms with van der Waals surface area (Å²) in [5.41, 5.74) is 5.88. The van der Waals surface area contributed by atoms with Crippen LogP contribution in [-0.4, -0.2) is 23.5 Å². The number of carbonyl (C=O) groups is 2. The van der Waals surface area contributed by atoms with E-state index < -0.39 is 18.5 Å². The van der Waals surface area contributed by atoms with Gasteiger partial charge < -0.3 is 15.8 Å². The zero-order valence-corrected chi connectivity index (χ0v) is 12.9. The Bertz CT molecular complexity index is 795. The summed E-state index contributed by atoms with van der Waals surface area (Å²) in [4.78, 5) is 27.9. The van der Waals surface area contributed by atoms with Crippen LogP contribution in [0.15, 0.2) is 36.4 Å². The highest BCUT2D eigenvalue weighted by atomic mass is 32.1. The van der Waals surface area contributed by atoms with Crippen LogP contribution < -0.4 is 11.1 Å². The molecule has 8 heteroatoms. The van der Waals surface area contributed by atoms with E-state index in [0.29, 0.717) is 4.88 Å². The van der Waals surface area contributed by atoms with Crippen LogP contribution >= 0.6 is 22.7 Å². The van der Waals surface area contributed by atoms with E-state index in [4.69, 9.17) is 10.5 Å². The van der Waals surface area contributed by atoms with Crippen LogP contribution in [0.25, 0.3) is 9.53 Å². The first-order chi connectivity index (χ1) is 10.6. The molecule has 0 bridgehead atoms. The highest BCUT2D eigenvalue weighted by Gasteiger charge is 2.15. The predicted octanol–water partition coefficient (Wildman–Crippen LogP) is 2.74. The molecular weight excluding hydrogens is 322 g/mol. The van der Waals surface area contributed by atoms with Crippen molar-refractivity contribution in [1.29, 1.82) is 0 Å². The molecule has 3 rings (SSSR count). The van der Waals surface area contributed by atoms with Gasteiger partial charge in [0, 0.05) is 5.69 Å². The van der Waals surface area contributed by atoms with Gasteiger partial charge in [0.05, 0.1) is 4.70 Å². The van der Waals surface area contributed by atoms with Crippen LogP contribution in [0.1, 0.15) is 9.67 Å². The summed E-state index contributed by atoms with van der Waals surface area (Å²) in [6.07, 6.45) is 0. The minimum absolute atomic E-state index is 0.404. The number of hydrogen-bond donors (Lipinski definition) is 2. The molecule has 0 unspecified atom stereocenters. The van der Waals surface area contributed by atoms with E-state index in [-0.39, 0.29) is 0 Å².